The van der Waals surface area contributed by atoms with Crippen LogP contribution in [0.1, 0.15) is 18.4 Å². The van der Waals surface area contributed by atoms with Crippen LogP contribution >= 0.6 is 35.7 Å². The molecule has 24 heavy (non-hydrogen) atoms. The van der Waals surface area contributed by atoms with Crippen LogP contribution in [0.15, 0.2) is 47.7 Å². The summed E-state index contributed by atoms with van der Waals surface area (Å²) in [4.78, 5) is 4.25. The molecule has 0 spiro atoms. The highest BCUT2D eigenvalue weighted by Gasteiger charge is 2.02. The Labute approximate surface area is 165 Å². The largest absolute Gasteiger partial charge is 0.356 e. The molecule has 0 atom stereocenters. The maximum Gasteiger partial charge on any atom is 0.191 e. The van der Waals surface area contributed by atoms with Crippen molar-refractivity contribution in [3.8, 4) is 5.69 Å². The van der Waals surface area contributed by atoms with Crippen LogP contribution in [0, 0.1) is 0 Å². The standard InChI is InChI=1S/C17H25N5S.HI/c1-18-17(19-10-6-7-11-23-2)20-12-15-13-21-22(14-15)16-8-4-3-5-9-16;/h3-5,8-9,13-14H,6-7,10-12H2,1-2H3,(H2,18,19,20);1H. The Balaban J connectivity index is 0.00000288. The zero-order valence-electron chi connectivity index (χ0n) is 14.2. The van der Waals surface area contributed by atoms with Gasteiger partial charge in [-0.3, -0.25) is 4.99 Å². The average molecular weight is 459 g/mol. The van der Waals surface area contributed by atoms with Gasteiger partial charge in [-0.25, -0.2) is 4.68 Å². The van der Waals surface area contributed by atoms with Crippen LogP contribution in [-0.2, 0) is 6.54 Å². The van der Waals surface area contributed by atoms with Crippen molar-refractivity contribution in [1.29, 1.82) is 0 Å². The highest BCUT2D eigenvalue weighted by molar-refractivity contribution is 14.0. The minimum atomic E-state index is 0. The summed E-state index contributed by atoms with van der Waals surface area (Å²) in [5, 5.41) is 11.1. The Bertz CT molecular complexity index is 600. The molecule has 0 radical (unpaired) electrons. The molecule has 2 aromatic rings. The molecule has 0 aliphatic heterocycles. The smallest absolute Gasteiger partial charge is 0.191 e. The van der Waals surface area contributed by atoms with Gasteiger partial charge >= 0.3 is 0 Å². The summed E-state index contributed by atoms with van der Waals surface area (Å²) in [5.74, 6) is 2.05. The van der Waals surface area contributed by atoms with Gasteiger partial charge in [0.2, 0.25) is 0 Å². The van der Waals surface area contributed by atoms with Crippen LogP contribution in [0.5, 0.6) is 0 Å². The van der Waals surface area contributed by atoms with Crippen molar-refractivity contribution in [3.63, 3.8) is 0 Å². The maximum absolute atomic E-state index is 4.40. The predicted molar refractivity (Wildman–Crippen MR) is 115 cm³/mol. The van der Waals surface area contributed by atoms with Gasteiger partial charge in [0, 0.05) is 31.9 Å². The average Bonchev–Trinajstić information content (AvgIpc) is 3.07. The minimum absolute atomic E-state index is 0. The first-order valence-electron chi connectivity index (χ1n) is 7.86. The second-order valence-electron chi connectivity index (χ2n) is 5.18. The molecule has 1 aromatic heterocycles. The summed E-state index contributed by atoms with van der Waals surface area (Å²) < 4.78 is 1.88. The monoisotopic (exact) mass is 459 g/mol. The Hall–Kier alpha value is -1.22. The molecular formula is C17H26IN5S. The fourth-order valence-corrected chi connectivity index (χ4v) is 2.65. The summed E-state index contributed by atoms with van der Waals surface area (Å²) in [6.45, 7) is 1.65. The SMILES string of the molecule is CN=C(NCCCCSC)NCc1cnn(-c2ccccc2)c1.I. The number of nitrogens with zero attached hydrogens (tertiary/aromatic N) is 3. The molecule has 7 heteroatoms. The van der Waals surface area contributed by atoms with Crippen LogP contribution in [0.4, 0.5) is 0 Å². The normalized spacial score (nSPS) is 11.0. The van der Waals surface area contributed by atoms with Gasteiger partial charge in [-0.15, -0.1) is 24.0 Å². The van der Waals surface area contributed by atoms with E-state index >= 15 is 0 Å². The fourth-order valence-electron chi connectivity index (χ4n) is 2.16. The molecule has 0 aliphatic rings. The number of benzene rings is 1. The third-order valence-electron chi connectivity index (χ3n) is 3.41. The number of aromatic nitrogens is 2. The molecule has 0 saturated carbocycles. The second kappa shape index (κ2) is 12.2. The summed E-state index contributed by atoms with van der Waals surface area (Å²) >= 11 is 1.89. The third-order valence-corrected chi connectivity index (χ3v) is 4.10. The fraction of sp³-hybridized carbons (Fsp3) is 0.412. The quantitative estimate of drug-likeness (QED) is 0.275. The van der Waals surface area contributed by atoms with E-state index in [0.29, 0.717) is 6.54 Å². The van der Waals surface area contributed by atoms with Crippen LogP contribution in [0.3, 0.4) is 0 Å². The molecule has 0 bridgehead atoms. The number of nitrogens with one attached hydrogen (secondary N) is 2. The molecule has 1 heterocycles. The summed E-state index contributed by atoms with van der Waals surface area (Å²) in [6, 6.07) is 10.1. The van der Waals surface area contributed by atoms with E-state index < -0.39 is 0 Å². The van der Waals surface area contributed by atoms with Gasteiger partial charge in [-0.05, 0) is 37.0 Å². The van der Waals surface area contributed by atoms with Crippen molar-refractivity contribution >= 4 is 41.7 Å². The van der Waals surface area contributed by atoms with Crippen LogP contribution < -0.4 is 10.6 Å². The first kappa shape index (κ1) is 20.8. The molecule has 1 aromatic carbocycles. The van der Waals surface area contributed by atoms with Crippen LogP contribution in [0.2, 0.25) is 0 Å². The highest BCUT2D eigenvalue weighted by atomic mass is 127. The van der Waals surface area contributed by atoms with E-state index in [1.54, 1.807) is 7.05 Å². The minimum Gasteiger partial charge on any atom is -0.356 e. The van der Waals surface area contributed by atoms with Crippen molar-refractivity contribution in [2.45, 2.75) is 19.4 Å². The number of aliphatic imine (C=N–C) groups is 1. The number of unbranched alkanes of at least 4 members (excludes halogenated alkanes) is 1. The molecule has 0 saturated heterocycles. The lowest BCUT2D eigenvalue weighted by atomic mass is 10.3. The van der Waals surface area contributed by atoms with Gasteiger partial charge in [-0.2, -0.15) is 16.9 Å². The number of hydrogen-bond donors (Lipinski definition) is 2. The zero-order chi connectivity index (χ0) is 16.3. The number of halogens is 1. The number of thioether (sulfide) groups is 1. The van der Waals surface area contributed by atoms with E-state index in [0.717, 1.165) is 30.2 Å². The summed E-state index contributed by atoms with van der Waals surface area (Å²) in [5.41, 5.74) is 2.19. The number of para-hydroxylation sites is 1. The number of rotatable bonds is 8. The van der Waals surface area contributed by atoms with Crippen molar-refractivity contribution in [3.05, 3.63) is 48.3 Å². The highest BCUT2D eigenvalue weighted by Crippen LogP contribution is 2.07. The third kappa shape index (κ3) is 7.12. The van der Waals surface area contributed by atoms with Gasteiger partial charge in [0.25, 0.3) is 0 Å². The lowest BCUT2D eigenvalue weighted by Gasteiger charge is -2.10. The van der Waals surface area contributed by atoms with E-state index in [1.807, 2.05) is 59.2 Å². The molecule has 0 fully saturated rings. The van der Waals surface area contributed by atoms with E-state index in [1.165, 1.54) is 12.2 Å². The Morgan fingerprint density at radius 2 is 2.00 bits per heavy atom. The van der Waals surface area contributed by atoms with Crippen molar-refractivity contribution in [2.24, 2.45) is 4.99 Å². The zero-order valence-corrected chi connectivity index (χ0v) is 17.4. The summed E-state index contributed by atoms with van der Waals surface area (Å²) in [6.07, 6.45) is 8.45. The van der Waals surface area contributed by atoms with Gasteiger partial charge in [0.05, 0.1) is 11.9 Å². The van der Waals surface area contributed by atoms with Gasteiger partial charge in [0.15, 0.2) is 5.96 Å². The Morgan fingerprint density at radius 1 is 1.21 bits per heavy atom. The maximum atomic E-state index is 4.40. The van der Waals surface area contributed by atoms with Gasteiger partial charge in [0.1, 0.15) is 0 Å². The van der Waals surface area contributed by atoms with E-state index in [4.69, 9.17) is 0 Å². The van der Waals surface area contributed by atoms with Crippen LogP contribution in [0.25, 0.3) is 5.69 Å². The first-order valence-corrected chi connectivity index (χ1v) is 9.25. The Morgan fingerprint density at radius 3 is 2.71 bits per heavy atom. The van der Waals surface area contributed by atoms with E-state index in [2.05, 4.69) is 27.0 Å². The summed E-state index contributed by atoms with van der Waals surface area (Å²) in [7, 11) is 1.80. The molecule has 0 amide bonds. The van der Waals surface area contributed by atoms with Crippen LogP contribution in [-0.4, -0.2) is 41.3 Å². The lowest BCUT2D eigenvalue weighted by Crippen LogP contribution is -2.37. The molecule has 2 N–H and O–H groups in total. The molecule has 0 unspecified atom stereocenters. The van der Waals surface area contributed by atoms with Gasteiger partial charge in [-0.1, -0.05) is 18.2 Å². The molecule has 2 rings (SSSR count). The predicted octanol–water partition coefficient (Wildman–Crippen LogP) is 3.30. The topological polar surface area (TPSA) is 54.2 Å². The Kier molecular flexibility index (Phi) is 10.6. The second-order valence-corrected chi connectivity index (χ2v) is 6.17. The lowest BCUT2D eigenvalue weighted by molar-refractivity contribution is 0.733. The van der Waals surface area contributed by atoms with E-state index in [9.17, 15) is 0 Å². The number of guanidine groups is 1. The molecule has 5 nitrogen and oxygen atoms in total. The molecular weight excluding hydrogens is 433 g/mol. The van der Waals surface area contributed by atoms with Crippen molar-refractivity contribution < 1.29 is 0 Å². The molecule has 0 aliphatic carbocycles. The first-order chi connectivity index (χ1) is 11.3. The van der Waals surface area contributed by atoms with Crippen molar-refractivity contribution in [1.82, 2.24) is 20.4 Å². The van der Waals surface area contributed by atoms with E-state index in [-0.39, 0.29) is 24.0 Å². The molecule has 132 valence electrons. The number of hydrogen-bond acceptors (Lipinski definition) is 3. The van der Waals surface area contributed by atoms with Crippen molar-refractivity contribution in [2.75, 3.05) is 25.6 Å². The van der Waals surface area contributed by atoms with Gasteiger partial charge < -0.3 is 10.6 Å².